The molecule has 128 valence electrons. The molecule has 0 spiro atoms. The quantitative estimate of drug-likeness (QED) is 0.837. The molecule has 2 atom stereocenters. The third kappa shape index (κ3) is 2.73. The minimum Gasteiger partial charge on any atom is -0.369 e. The fraction of sp³-hybridized carbons (Fsp3) is 0.733. The van der Waals surface area contributed by atoms with Crippen LogP contribution in [0.2, 0.25) is 0 Å². The average Bonchev–Trinajstić information content (AvgIpc) is 2.73. The van der Waals surface area contributed by atoms with E-state index >= 15 is 0 Å². The van der Waals surface area contributed by atoms with Crippen LogP contribution in [0.5, 0.6) is 0 Å². The van der Waals surface area contributed by atoms with E-state index in [2.05, 4.69) is 5.10 Å². The second kappa shape index (κ2) is 5.51. The summed E-state index contributed by atoms with van der Waals surface area (Å²) < 4.78 is 45.3. The van der Waals surface area contributed by atoms with Crippen LogP contribution >= 0.6 is 0 Å². The highest BCUT2D eigenvalue weighted by Crippen LogP contribution is 2.36. The Morgan fingerprint density at radius 1 is 1.35 bits per heavy atom. The molecular formula is C15H20F3N3O2. The first-order valence-electron chi connectivity index (χ1n) is 7.83. The van der Waals surface area contributed by atoms with Crippen LogP contribution in [0.1, 0.15) is 48.6 Å². The standard InChI is InChI=1S/C15H20F3N3O2/c1-4-21-13-9(3)23-8(2)5-11(13)12(19-21)14(22)20-6-10(7-20)15(16,17)18/h8-10H,4-7H2,1-3H3/t8-,9+/m1/s1. The van der Waals surface area contributed by atoms with E-state index in [4.69, 9.17) is 4.74 Å². The summed E-state index contributed by atoms with van der Waals surface area (Å²) in [6, 6.07) is 0. The Kier molecular flexibility index (Phi) is 3.90. The summed E-state index contributed by atoms with van der Waals surface area (Å²) in [7, 11) is 0. The Hall–Kier alpha value is -1.57. The molecule has 0 bridgehead atoms. The van der Waals surface area contributed by atoms with Crippen molar-refractivity contribution >= 4 is 5.91 Å². The van der Waals surface area contributed by atoms with Crippen molar-refractivity contribution in [3.05, 3.63) is 17.0 Å². The molecule has 0 aliphatic carbocycles. The number of hydrogen-bond acceptors (Lipinski definition) is 3. The third-order valence-corrected chi connectivity index (χ3v) is 4.54. The molecule has 0 unspecified atom stereocenters. The first kappa shape index (κ1) is 16.3. The molecule has 1 fully saturated rings. The smallest absolute Gasteiger partial charge is 0.369 e. The van der Waals surface area contributed by atoms with Gasteiger partial charge in [-0.1, -0.05) is 0 Å². The van der Waals surface area contributed by atoms with Crippen molar-refractivity contribution in [2.24, 2.45) is 5.92 Å². The molecule has 8 heteroatoms. The van der Waals surface area contributed by atoms with Crippen LogP contribution in [-0.4, -0.2) is 46.0 Å². The molecule has 1 saturated heterocycles. The summed E-state index contributed by atoms with van der Waals surface area (Å²) in [5, 5.41) is 4.35. The Morgan fingerprint density at radius 3 is 2.57 bits per heavy atom. The van der Waals surface area contributed by atoms with Crippen molar-refractivity contribution in [1.82, 2.24) is 14.7 Å². The number of carbonyl (C=O) groups is 1. The first-order chi connectivity index (χ1) is 10.7. The molecule has 3 rings (SSSR count). The van der Waals surface area contributed by atoms with Crippen LogP contribution in [0.15, 0.2) is 0 Å². The predicted molar refractivity (Wildman–Crippen MR) is 76.0 cm³/mol. The lowest BCUT2D eigenvalue weighted by molar-refractivity contribution is -0.202. The second-order valence-corrected chi connectivity index (χ2v) is 6.27. The van der Waals surface area contributed by atoms with Gasteiger partial charge >= 0.3 is 6.18 Å². The topological polar surface area (TPSA) is 47.4 Å². The molecule has 0 saturated carbocycles. The Balaban J connectivity index is 1.85. The van der Waals surface area contributed by atoms with Gasteiger partial charge in [0.15, 0.2) is 5.69 Å². The van der Waals surface area contributed by atoms with Gasteiger partial charge in [-0.15, -0.1) is 0 Å². The van der Waals surface area contributed by atoms with Crippen LogP contribution in [0, 0.1) is 5.92 Å². The van der Waals surface area contributed by atoms with E-state index in [0.29, 0.717) is 13.0 Å². The predicted octanol–water partition coefficient (Wildman–Crippen LogP) is 2.56. The number of aryl methyl sites for hydroxylation is 1. The van der Waals surface area contributed by atoms with E-state index in [-0.39, 0.29) is 31.0 Å². The Morgan fingerprint density at radius 2 is 2.00 bits per heavy atom. The maximum Gasteiger partial charge on any atom is 0.395 e. The number of alkyl halides is 3. The summed E-state index contributed by atoms with van der Waals surface area (Å²) in [6.07, 6.45) is -3.91. The van der Waals surface area contributed by atoms with Crippen LogP contribution in [-0.2, 0) is 17.7 Å². The highest BCUT2D eigenvalue weighted by Gasteiger charge is 2.49. The van der Waals surface area contributed by atoms with E-state index in [1.165, 1.54) is 4.90 Å². The Labute approximate surface area is 132 Å². The number of likely N-dealkylation sites (tertiary alicyclic amines) is 1. The van der Waals surface area contributed by atoms with Crippen molar-refractivity contribution < 1.29 is 22.7 Å². The van der Waals surface area contributed by atoms with Gasteiger partial charge in [-0.05, 0) is 20.8 Å². The molecule has 0 N–H and O–H groups in total. The van der Waals surface area contributed by atoms with E-state index in [1.807, 2.05) is 20.8 Å². The monoisotopic (exact) mass is 331 g/mol. The number of amides is 1. The van der Waals surface area contributed by atoms with Crippen LogP contribution < -0.4 is 0 Å². The lowest BCUT2D eigenvalue weighted by Crippen LogP contribution is -2.55. The number of hydrogen-bond donors (Lipinski definition) is 0. The fourth-order valence-corrected chi connectivity index (χ4v) is 3.33. The second-order valence-electron chi connectivity index (χ2n) is 6.27. The zero-order chi connectivity index (χ0) is 16.9. The zero-order valence-electron chi connectivity index (χ0n) is 13.4. The number of carbonyl (C=O) groups excluding carboxylic acids is 1. The van der Waals surface area contributed by atoms with Crippen molar-refractivity contribution in [2.45, 2.75) is 52.1 Å². The van der Waals surface area contributed by atoms with Gasteiger partial charge in [0.25, 0.3) is 5.91 Å². The van der Waals surface area contributed by atoms with E-state index in [9.17, 15) is 18.0 Å². The van der Waals surface area contributed by atoms with Gasteiger partial charge in [-0.2, -0.15) is 18.3 Å². The number of halogens is 3. The van der Waals surface area contributed by atoms with E-state index < -0.39 is 18.0 Å². The number of fused-ring (bicyclic) bond motifs is 1. The highest BCUT2D eigenvalue weighted by atomic mass is 19.4. The number of rotatable bonds is 2. The largest absolute Gasteiger partial charge is 0.395 e. The van der Waals surface area contributed by atoms with Gasteiger partial charge in [0.2, 0.25) is 0 Å². The zero-order valence-corrected chi connectivity index (χ0v) is 13.4. The number of aromatic nitrogens is 2. The third-order valence-electron chi connectivity index (χ3n) is 4.54. The minimum absolute atomic E-state index is 0.0436. The van der Waals surface area contributed by atoms with Gasteiger partial charge < -0.3 is 9.64 Å². The number of ether oxygens (including phenoxy) is 1. The maximum atomic E-state index is 12.6. The van der Waals surface area contributed by atoms with Crippen molar-refractivity contribution in [3.8, 4) is 0 Å². The molecule has 1 aromatic heterocycles. The average molecular weight is 331 g/mol. The molecule has 2 aliphatic rings. The van der Waals surface area contributed by atoms with Crippen LogP contribution in [0.3, 0.4) is 0 Å². The minimum atomic E-state index is -4.24. The lowest BCUT2D eigenvalue weighted by atomic mass is 9.96. The van der Waals surface area contributed by atoms with Gasteiger partial charge in [-0.3, -0.25) is 9.48 Å². The SMILES string of the molecule is CCn1nc(C(=O)N2CC(C(F)(F)F)C2)c2c1[C@H](C)O[C@H](C)C2. The van der Waals surface area contributed by atoms with Gasteiger partial charge in [0, 0.05) is 31.6 Å². The molecule has 0 radical (unpaired) electrons. The molecule has 5 nitrogen and oxygen atoms in total. The first-order valence-corrected chi connectivity index (χ1v) is 7.83. The molecule has 1 amide bonds. The molecule has 1 aromatic rings. The molecular weight excluding hydrogens is 311 g/mol. The summed E-state index contributed by atoms with van der Waals surface area (Å²) >= 11 is 0. The molecule has 2 aliphatic heterocycles. The summed E-state index contributed by atoms with van der Waals surface area (Å²) in [5.41, 5.74) is 1.96. The van der Waals surface area contributed by atoms with Gasteiger partial charge in [-0.25, -0.2) is 0 Å². The van der Waals surface area contributed by atoms with Crippen molar-refractivity contribution in [2.75, 3.05) is 13.1 Å². The maximum absolute atomic E-state index is 12.6. The van der Waals surface area contributed by atoms with Crippen LogP contribution in [0.25, 0.3) is 0 Å². The summed E-state index contributed by atoms with van der Waals surface area (Å²) in [5.74, 6) is -1.83. The summed E-state index contributed by atoms with van der Waals surface area (Å²) in [6.45, 7) is 5.76. The fourth-order valence-electron chi connectivity index (χ4n) is 3.33. The van der Waals surface area contributed by atoms with Crippen molar-refractivity contribution in [1.29, 1.82) is 0 Å². The summed E-state index contributed by atoms with van der Waals surface area (Å²) in [4.78, 5) is 13.8. The Bertz CT molecular complexity index is 620. The van der Waals surface area contributed by atoms with Crippen molar-refractivity contribution in [3.63, 3.8) is 0 Å². The lowest BCUT2D eigenvalue weighted by Gasteiger charge is -2.39. The molecule has 23 heavy (non-hydrogen) atoms. The molecule has 3 heterocycles. The van der Waals surface area contributed by atoms with Gasteiger partial charge in [0.1, 0.15) is 0 Å². The number of nitrogens with zero attached hydrogens (tertiary/aromatic N) is 3. The molecule has 0 aromatic carbocycles. The normalized spacial score (nSPS) is 25.2. The van der Waals surface area contributed by atoms with Crippen LogP contribution in [0.4, 0.5) is 13.2 Å². The highest BCUT2D eigenvalue weighted by molar-refractivity contribution is 5.94. The van der Waals surface area contributed by atoms with E-state index in [1.54, 1.807) is 4.68 Å². The van der Waals surface area contributed by atoms with Gasteiger partial charge in [0.05, 0.1) is 23.8 Å². The van der Waals surface area contributed by atoms with E-state index in [0.717, 1.165) is 11.3 Å².